The predicted molar refractivity (Wildman–Crippen MR) is 139 cm³/mol. The number of anilines is 2. The van der Waals surface area contributed by atoms with Crippen LogP contribution in [0.2, 0.25) is 0 Å². The predicted octanol–water partition coefficient (Wildman–Crippen LogP) is 7.24. The number of nitrogens with zero attached hydrogens (tertiary/aromatic N) is 3. The zero-order chi connectivity index (χ0) is 24.6. The molecule has 35 heavy (non-hydrogen) atoms. The summed E-state index contributed by atoms with van der Waals surface area (Å²) in [7, 11) is 0. The van der Waals surface area contributed by atoms with Gasteiger partial charge >= 0.3 is 0 Å². The number of aromatic nitrogens is 1. The molecule has 0 spiro atoms. The molecule has 4 aromatic rings. The average Bonchev–Trinajstić information content (AvgIpc) is 3.28. The lowest BCUT2D eigenvalue weighted by atomic mass is 9.98. The molecule has 0 unspecified atom stereocenters. The number of benzene rings is 3. The minimum absolute atomic E-state index is 0.0113. The number of hydrogen-bond donors (Lipinski definition) is 3. The molecule has 0 saturated carbocycles. The monoisotopic (exact) mass is 470 g/mol. The van der Waals surface area contributed by atoms with Crippen LogP contribution in [0.3, 0.4) is 0 Å². The highest BCUT2D eigenvalue weighted by molar-refractivity contribution is 6.03. The number of ether oxygens (including phenoxy) is 1. The van der Waals surface area contributed by atoms with Crippen molar-refractivity contribution >= 4 is 28.6 Å². The number of para-hydroxylation sites is 2. The van der Waals surface area contributed by atoms with Gasteiger partial charge < -0.3 is 20.3 Å². The van der Waals surface area contributed by atoms with Crippen LogP contribution >= 0.6 is 0 Å². The van der Waals surface area contributed by atoms with Crippen molar-refractivity contribution in [3.8, 4) is 16.9 Å². The maximum Gasteiger partial charge on any atom is 0.300 e. The van der Waals surface area contributed by atoms with Gasteiger partial charge in [0, 0.05) is 5.56 Å². The summed E-state index contributed by atoms with van der Waals surface area (Å²) in [5.74, 6) is 5.89. The Balaban J connectivity index is 1.76. The third kappa shape index (κ3) is 5.66. The first kappa shape index (κ1) is 23.9. The Morgan fingerprint density at radius 2 is 1.80 bits per heavy atom. The van der Waals surface area contributed by atoms with Crippen LogP contribution in [-0.4, -0.2) is 16.9 Å². The number of nitrogens with two attached hydrogens (primary N) is 1. The van der Waals surface area contributed by atoms with E-state index in [0.29, 0.717) is 17.2 Å². The molecule has 1 aromatic heterocycles. The fraction of sp³-hybridized carbons (Fsp3) is 0.259. The van der Waals surface area contributed by atoms with Gasteiger partial charge in [-0.3, -0.25) is 5.41 Å². The van der Waals surface area contributed by atoms with Crippen molar-refractivity contribution in [3.63, 3.8) is 0 Å². The summed E-state index contributed by atoms with van der Waals surface area (Å²) in [6, 6.07) is 21.4. The third-order valence-electron chi connectivity index (χ3n) is 5.68. The molecule has 0 aliphatic carbocycles. The van der Waals surface area contributed by atoms with Gasteiger partial charge in [0.25, 0.3) is 6.01 Å². The van der Waals surface area contributed by atoms with Gasteiger partial charge in [0.1, 0.15) is 11.3 Å². The van der Waals surface area contributed by atoms with Gasteiger partial charge in [0.05, 0.1) is 11.8 Å². The van der Waals surface area contributed by atoms with E-state index in [1.165, 1.54) is 0 Å². The molecule has 4 N–H and O–H groups in total. The molecular weight excluding hydrogens is 440 g/mol. The standard InChI is InChI=1S/C27H30N6O2/c1-3-9-19(10-4-2)34-25-16-15-18(20-11-5-6-12-21(20)26(28)32-33-29)17-23(25)31-27-30-22-13-7-8-14-24(22)35-27/h5-8,11-17,19H,3-4,9-10H2,1-2H3,(H,30,31)(H3,28,29,32). The molecule has 0 bridgehead atoms. The van der Waals surface area contributed by atoms with E-state index >= 15 is 0 Å². The zero-order valence-electron chi connectivity index (χ0n) is 20.0. The van der Waals surface area contributed by atoms with E-state index in [1.807, 2.05) is 66.7 Å². The lowest BCUT2D eigenvalue weighted by molar-refractivity contribution is 0.180. The van der Waals surface area contributed by atoms with Crippen LogP contribution in [0.25, 0.3) is 22.2 Å². The van der Waals surface area contributed by atoms with Crippen molar-refractivity contribution in [2.45, 2.75) is 45.6 Å². The van der Waals surface area contributed by atoms with Crippen LogP contribution in [0.5, 0.6) is 5.75 Å². The van der Waals surface area contributed by atoms with Crippen molar-refractivity contribution < 1.29 is 9.15 Å². The van der Waals surface area contributed by atoms with Crippen molar-refractivity contribution in [1.29, 1.82) is 5.41 Å². The van der Waals surface area contributed by atoms with Crippen LogP contribution < -0.4 is 15.9 Å². The molecule has 0 atom stereocenters. The van der Waals surface area contributed by atoms with Crippen LogP contribution in [0.15, 0.2) is 81.5 Å². The van der Waals surface area contributed by atoms with E-state index in [1.54, 1.807) is 0 Å². The molecule has 0 aliphatic rings. The summed E-state index contributed by atoms with van der Waals surface area (Å²) < 4.78 is 12.4. The van der Waals surface area contributed by atoms with E-state index in [9.17, 15) is 0 Å². The molecule has 0 fully saturated rings. The molecule has 1 heterocycles. The molecule has 8 nitrogen and oxygen atoms in total. The summed E-state index contributed by atoms with van der Waals surface area (Å²) in [5, 5.41) is 18.5. The number of amidine groups is 1. The molecule has 0 aliphatic heterocycles. The van der Waals surface area contributed by atoms with Gasteiger partial charge in [0.2, 0.25) is 0 Å². The van der Waals surface area contributed by atoms with Gasteiger partial charge in [0.15, 0.2) is 11.4 Å². The van der Waals surface area contributed by atoms with Gasteiger partial charge in [-0.05, 0) is 48.2 Å². The molecule has 0 amide bonds. The average molecular weight is 471 g/mol. The van der Waals surface area contributed by atoms with Gasteiger partial charge in [-0.2, -0.15) is 4.98 Å². The molecule has 3 aromatic carbocycles. The van der Waals surface area contributed by atoms with Crippen LogP contribution in [-0.2, 0) is 0 Å². The quantitative estimate of drug-likeness (QED) is 0.0741. The Morgan fingerprint density at radius 1 is 1.06 bits per heavy atom. The van der Waals surface area contributed by atoms with E-state index < -0.39 is 0 Å². The Morgan fingerprint density at radius 3 is 2.54 bits per heavy atom. The second kappa shape index (κ2) is 11.3. The first-order valence-corrected chi connectivity index (χ1v) is 11.9. The second-order valence-electron chi connectivity index (χ2n) is 8.25. The highest BCUT2D eigenvalue weighted by Gasteiger charge is 2.17. The van der Waals surface area contributed by atoms with Crippen molar-refractivity contribution in [3.05, 3.63) is 72.3 Å². The summed E-state index contributed by atoms with van der Waals surface area (Å²) in [6.07, 6.45) is 4.15. The van der Waals surface area contributed by atoms with Crippen molar-refractivity contribution in [2.24, 2.45) is 16.2 Å². The number of rotatable bonds is 10. The maximum atomic E-state index is 8.24. The number of fused-ring (bicyclic) bond motifs is 1. The molecule has 4 rings (SSSR count). The number of hydrogen-bond acceptors (Lipinski definition) is 6. The third-order valence-corrected chi connectivity index (χ3v) is 5.68. The lowest BCUT2D eigenvalue weighted by Crippen LogP contribution is -2.16. The summed E-state index contributed by atoms with van der Waals surface area (Å²) >= 11 is 0. The molecular formula is C27H30N6O2. The minimum atomic E-state index is -0.0113. The Hall–Kier alpha value is -4.20. The number of nitrogens with one attached hydrogen (secondary N) is 2. The van der Waals surface area contributed by atoms with Crippen LogP contribution in [0.1, 0.15) is 45.1 Å². The topological polar surface area (TPSA) is 122 Å². The van der Waals surface area contributed by atoms with Gasteiger partial charge in [-0.1, -0.05) is 74.4 Å². The van der Waals surface area contributed by atoms with Gasteiger partial charge in [-0.15, -0.1) is 5.11 Å². The molecule has 8 heteroatoms. The summed E-state index contributed by atoms with van der Waals surface area (Å²) in [5.41, 5.74) is 4.54. The van der Waals surface area contributed by atoms with Crippen LogP contribution in [0.4, 0.5) is 11.7 Å². The maximum absolute atomic E-state index is 8.24. The van der Waals surface area contributed by atoms with Crippen molar-refractivity contribution in [1.82, 2.24) is 4.98 Å². The van der Waals surface area contributed by atoms with E-state index in [0.717, 1.165) is 53.8 Å². The normalized spacial score (nSPS) is 11.4. The number of oxazole rings is 1. The fourth-order valence-corrected chi connectivity index (χ4v) is 4.08. The highest BCUT2D eigenvalue weighted by atomic mass is 16.5. The van der Waals surface area contributed by atoms with E-state index in [2.05, 4.69) is 34.5 Å². The first-order chi connectivity index (χ1) is 17.1. The molecule has 0 saturated heterocycles. The van der Waals surface area contributed by atoms with E-state index in [4.69, 9.17) is 20.4 Å². The largest absolute Gasteiger partial charge is 0.488 e. The summed E-state index contributed by atoms with van der Waals surface area (Å²) in [4.78, 5) is 4.56. The van der Waals surface area contributed by atoms with Gasteiger partial charge in [-0.25, -0.2) is 0 Å². The second-order valence-corrected chi connectivity index (χ2v) is 8.25. The van der Waals surface area contributed by atoms with E-state index in [-0.39, 0.29) is 11.9 Å². The minimum Gasteiger partial charge on any atom is -0.488 e. The molecule has 0 radical (unpaired) electrons. The highest BCUT2D eigenvalue weighted by Crippen LogP contribution is 2.36. The van der Waals surface area contributed by atoms with Crippen molar-refractivity contribution in [2.75, 3.05) is 5.32 Å². The summed E-state index contributed by atoms with van der Waals surface area (Å²) in [6.45, 7) is 4.33. The lowest BCUT2D eigenvalue weighted by Gasteiger charge is -2.21. The fourth-order valence-electron chi connectivity index (χ4n) is 4.08. The Bertz CT molecular complexity index is 1290. The molecule has 180 valence electrons. The Kier molecular flexibility index (Phi) is 7.72. The van der Waals surface area contributed by atoms with Crippen LogP contribution in [0, 0.1) is 5.41 Å². The zero-order valence-corrected chi connectivity index (χ0v) is 20.0. The SMILES string of the molecule is CCCC(CCC)Oc1ccc(-c2ccccc2C(=N)N=NN)cc1Nc1nc2ccccc2o1. The first-order valence-electron chi connectivity index (χ1n) is 11.9. The Labute approximate surface area is 204 Å². The smallest absolute Gasteiger partial charge is 0.300 e.